The standard InChI is InChI=1S/C23H26Br2N4O2/c1-16(18-8-12-20(24)13-9-18)26-28-22(30)6-4-3-5-7-23(31)29-27-17(2)19-10-14-21(25)15-11-19/h8-15H,3-7H2,1-2H3,(H,28,30)(H,29,31). The highest BCUT2D eigenvalue weighted by Gasteiger charge is 2.04. The Balaban J connectivity index is 1.61. The summed E-state index contributed by atoms with van der Waals surface area (Å²) in [5.41, 5.74) is 8.56. The van der Waals surface area contributed by atoms with Gasteiger partial charge in [-0.25, -0.2) is 10.9 Å². The molecule has 0 saturated heterocycles. The van der Waals surface area contributed by atoms with Crippen LogP contribution in [0.3, 0.4) is 0 Å². The number of amides is 2. The molecule has 6 nitrogen and oxygen atoms in total. The predicted octanol–water partition coefficient (Wildman–Crippen LogP) is 5.54. The minimum atomic E-state index is -0.129. The molecule has 0 fully saturated rings. The number of rotatable bonds is 10. The van der Waals surface area contributed by atoms with Crippen LogP contribution in [0.2, 0.25) is 0 Å². The summed E-state index contributed by atoms with van der Waals surface area (Å²) in [7, 11) is 0. The molecular formula is C23H26Br2N4O2. The maximum Gasteiger partial charge on any atom is 0.240 e. The zero-order chi connectivity index (χ0) is 22.6. The molecular weight excluding hydrogens is 524 g/mol. The number of hydrogen-bond donors (Lipinski definition) is 2. The predicted molar refractivity (Wildman–Crippen MR) is 132 cm³/mol. The van der Waals surface area contributed by atoms with Gasteiger partial charge in [0, 0.05) is 21.8 Å². The lowest BCUT2D eigenvalue weighted by molar-refractivity contribution is -0.121. The Morgan fingerprint density at radius 1 is 0.677 bits per heavy atom. The van der Waals surface area contributed by atoms with Crippen LogP contribution in [0.5, 0.6) is 0 Å². The van der Waals surface area contributed by atoms with E-state index in [0.717, 1.165) is 37.9 Å². The van der Waals surface area contributed by atoms with E-state index in [2.05, 4.69) is 52.9 Å². The molecule has 164 valence electrons. The van der Waals surface area contributed by atoms with E-state index >= 15 is 0 Å². The van der Waals surface area contributed by atoms with E-state index in [1.807, 2.05) is 62.4 Å². The second-order valence-corrected chi connectivity index (χ2v) is 8.87. The van der Waals surface area contributed by atoms with Gasteiger partial charge in [-0.15, -0.1) is 0 Å². The molecule has 0 aliphatic carbocycles. The zero-order valence-corrected chi connectivity index (χ0v) is 20.8. The lowest BCUT2D eigenvalue weighted by Crippen LogP contribution is -2.19. The van der Waals surface area contributed by atoms with Gasteiger partial charge < -0.3 is 0 Å². The highest BCUT2D eigenvalue weighted by molar-refractivity contribution is 9.10. The third-order valence-corrected chi connectivity index (χ3v) is 5.59. The molecule has 2 N–H and O–H groups in total. The average Bonchev–Trinajstić information content (AvgIpc) is 2.76. The van der Waals surface area contributed by atoms with Crippen molar-refractivity contribution < 1.29 is 9.59 Å². The Hall–Kier alpha value is -2.32. The molecule has 0 bridgehead atoms. The van der Waals surface area contributed by atoms with Gasteiger partial charge >= 0.3 is 0 Å². The largest absolute Gasteiger partial charge is 0.273 e. The monoisotopic (exact) mass is 548 g/mol. The molecule has 0 unspecified atom stereocenters. The number of unbranched alkanes of at least 4 members (excludes halogenated alkanes) is 2. The van der Waals surface area contributed by atoms with E-state index in [1.165, 1.54) is 0 Å². The summed E-state index contributed by atoms with van der Waals surface area (Å²) in [6, 6.07) is 15.5. The first-order valence-electron chi connectivity index (χ1n) is 10.0. The lowest BCUT2D eigenvalue weighted by Gasteiger charge is -2.04. The molecule has 2 aromatic rings. The van der Waals surface area contributed by atoms with E-state index < -0.39 is 0 Å². The van der Waals surface area contributed by atoms with Crippen molar-refractivity contribution in [3.63, 3.8) is 0 Å². The molecule has 0 spiro atoms. The number of nitrogens with one attached hydrogen (secondary N) is 2. The molecule has 0 radical (unpaired) electrons. The Kier molecular flexibility index (Phi) is 10.6. The smallest absolute Gasteiger partial charge is 0.240 e. The van der Waals surface area contributed by atoms with Gasteiger partial charge in [0.1, 0.15) is 0 Å². The SMILES string of the molecule is CC(=NNC(=O)CCCCCC(=O)NN=C(C)c1ccc(Br)cc1)c1ccc(Br)cc1. The van der Waals surface area contributed by atoms with Gasteiger partial charge in [0.2, 0.25) is 11.8 Å². The summed E-state index contributed by atoms with van der Waals surface area (Å²) in [4.78, 5) is 23.9. The second-order valence-electron chi connectivity index (χ2n) is 7.04. The van der Waals surface area contributed by atoms with Crippen LogP contribution in [0.25, 0.3) is 0 Å². The number of carbonyl (C=O) groups is 2. The minimum absolute atomic E-state index is 0.129. The van der Waals surface area contributed by atoms with Crippen molar-refractivity contribution in [3.8, 4) is 0 Å². The minimum Gasteiger partial charge on any atom is -0.273 e. The van der Waals surface area contributed by atoms with Gasteiger partial charge in [-0.1, -0.05) is 62.5 Å². The third kappa shape index (κ3) is 9.57. The van der Waals surface area contributed by atoms with Gasteiger partial charge in [0.25, 0.3) is 0 Å². The normalized spacial score (nSPS) is 11.9. The first-order chi connectivity index (χ1) is 14.8. The fraction of sp³-hybridized carbons (Fsp3) is 0.304. The average molecular weight is 550 g/mol. The summed E-state index contributed by atoms with van der Waals surface area (Å²) in [6.07, 6.45) is 2.94. The number of hydrogen-bond acceptors (Lipinski definition) is 4. The quantitative estimate of drug-likeness (QED) is 0.231. The van der Waals surface area contributed by atoms with Crippen molar-refractivity contribution in [3.05, 3.63) is 68.6 Å². The summed E-state index contributed by atoms with van der Waals surface area (Å²) in [5.74, 6) is -0.258. The van der Waals surface area contributed by atoms with Crippen molar-refractivity contribution in [1.29, 1.82) is 0 Å². The lowest BCUT2D eigenvalue weighted by atomic mass is 10.1. The first-order valence-corrected chi connectivity index (χ1v) is 11.6. The molecule has 31 heavy (non-hydrogen) atoms. The van der Waals surface area contributed by atoms with Crippen LogP contribution >= 0.6 is 31.9 Å². The fourth-order valence-electron chi connectivity index (χ4n) is 2.66. The second kappa shape index (κ2) is 13.2. The Morgan fingerprint density at radius 3 is 1.39 bits per heavy atom. The summed E-state index contributed by atoms with van der Waals surface area (Å²) < 4.78 is 1.99. The van der Waals surface area contributed by atoms with Crippen LogP contribution < -0.4 is 10.9 Å². The van der Waals surface area contributed by atoms with Crippen molar-refractivity contribution in [2.75, 3.05) is 0 Å². The third-order valence-electron chi connectivity index (χ3n) is 4.53. The van der Waals surface area contributed by atoms with Gasteiger partial charge in [0.15, 0.2) is 0 Å². The maximum atomic E-state index is 11.9. The van der Waals surface area contributed by atoms with Crippen LogP contribution in [0.1, 0.15) is 57.1 Å². The summed E-state index contributed by atoms with van der Waals surface area (Å²) in [6.45, 7) is 3.70. The molecule has 0 aliphatic rings. The number of carbonyl (C=O) groups excluding carboxylic acids is 2. The molecule has 0 heterocycles. The Bertz CT molecular complexity index is 862. The topological polar surface area (TPSA) is 82.9 Å². The van der Waals surface area contributed by atoms with Crippen LogP contribution in [0.4, 0.5) is 0 Å². The van der Waals surface area contributed by atoms with Crippen molar-refractivity contribution >= 4 is 55.1 Å². The summed E-state index contributed by atoms with van der Waals surface area (Å²) in [5, 5.41) is 8.28. The Labute approximate surface area is 199 Å². The molecule has 0 atom stereocenters. The molecule has 0 saturated carbocycles. The summed E-state index contributed by atoms with van der Waals surface area (Å²) >= 11 is 6.78. The van der Waals surface area contributed by atoms with Gasteiger partial charge in [0.05, 0.1) is 11.4 Å². The molecule has 0 aromatic heterocycles. The maximum absolute atomic E-state index is 11.9. The van der Waals surface area contributed by atoms with E-state index in [9.17, 15) is 9.59 Å². The fourth-order valence-corrected chi connectivity index (χ4v) is 3.19. The Morgan fingerprint density at radius 2 is 1.03 bits per heavy atom. The zero-order valence-electron chi connectivity index (χ0n) is 17.6. The molecule has 2 aromatic carbocycles. The van der Waals surface area contributed by atoms with Crippen LogP contribution in [-0.4, -0.2) is 23.2 Å². The van der Waals surface area contributed by atoms with Gasteiger partial charge in [-0.2, -0.15) is 10.2 Å². The number of benzene rings is 2. The number of hydrazone groups is 2. The van der Waals surface area contributed by atoms with Crippen molar-refractivity contribution in [2.45, 2.75) is 46.0 Å². The van der Waals surface area contributed by atoms with Crippen molar-refractivity contribution in [1.82, 2.24) is 10.9 Å². The van der Waals surface area contributed by atoms with E-state index in [4.69, 9.17) is 0 Å². The van der Waals surface area contributed by atoms with Crippen LogP contribution in [0, 0.1) is 0 Å². The van der Waals surface area contributed by atoms with Crippen LogP contribution in [-0.2, 0) is 9.59 Å². The highest BCUT2D eigenvalue weighted by Crippen LogP contribution is 2.12. The van der Waals surface area contributed by atoms with Crippen molar-refractivity contribution in [2.24, 2.45) is 10.2 Å². The molecule has 8 heteroatoms. The van der Waals surface area contributed by atoms with Gasteiger partial charge in [-0.05, 0) is 62.1 Å². The van der Waals surface area contributed by atoms with Gasteiger partial charge in [-0.3, -0.25) is 9.59 Å². The first kappa shape index (κ1) is 24.9. The number of halogens is 2. The van der Waals surface area contributed by atoms with Crippen LogP contribution in [0.15, 0.2) is 67.7 Å². The molecule has 0 aliphatic heterocycles. The van der Waals surface area contributed by atoms with E-state index in [0.29, 0.717) is 25.7 Å². The highest BCUT2D eigenvalue weighted by atomic mass is 79.9. The van der Waals surface area contributed by atoms with E-state index in [-0.39, 0.29) is 11.8 Å². The van der Waals surface area contributed by atoms with E-state index in [1.54, 1.807) is 0 Å². The number of nitrogens with zero attached hydrogens (tertiary/aromatic N) is 2. The molecule has 2 rings (SSSR count). The molecule has 2 amide bonds.